The molecule has 25 heavy (non-hydrogen) atoms. The predicted molar refractivity (Wildman–Crippen MR) is 95.2 cm³/mol. The number of oxime groups is 1. The molecule has 1 aliphatic rings. The molecule has 0 spiro atoms. The van der Waals surface area contributed by atoms with Gasteiger partial charge in [-0.2, -0.15) is 0 Å². The van der Waals surface area contributed by atoms with Crippen molar-refractivity contribution in [1.82, 2.24) is 0 Å². The van der Waals surface area contributed by atoms with Gasteiger partial charge in [0.15, 0.2) is 6.29 Å². The number of rotatable bonds is 7. The number of phenols is 1. The van der Waals surface area contributed by atoms with Gasteiger partial charge >= 0.3 is 0 Å². The Bertz CT molecular complexity index is 617. The summed E-state index contributed by atoms with van der Waals surface area (Å²) in [5, 5.41) is 22.6. The van der Waals surface area contributed by atoms with Gasteiger partial charge in [-0.05, 0) is 32.3 Å². The molecule has 1 aromatic carbocycles. The number of hydrogen-bond acceptors (Lipinski definition) is 7. The average molecular weight is 371 g/mol. The highest BCUT2D eigenvalue weighted by Gasteiger charge is 2.19. The molecule has 1 heterocycles. The van der Waals surface area contributed by atoms with Gasteiger partial charge in [0.25, 0.3) is 5.90 Å². The predicted octanol–water partition coefficient (Wildman–Crippen LogP) is 2.85. The first-order valence-electron chi connectivity index (χ1n) is 8.13. The molecule has 0 amide bonds. The number of aliphatic imine (C=N–C) groups is 1. The summed E-state index contributed by atoms with van der Waals surface area (Å²) in [6.45, 7) is 5.84. The number of ether oxygens (including phenoxy) is 2. The Morgan fingerprint density at radius 3 is 2.92 bits per heavy atom. The van der Waals surface area contributed by atoms with Crippen LogP contribution in [0.15, 0.2) is 22.3 Å². The fourth-order valence-electron chi connectivity index (χ4n) is 2.45. The number of aliphatic hydroxyl groups is 1. The van der Waals surface area contributed by atoms with Gasteiger partial charge in [-0.25, -0.2) is 4.99 Å². The number of nitrogens with zero attached hydrogens (tertiary/aromatic N) is 2. The van der Waals surface area contributed by atoms with Gasteiger partial charge in [-0.3, -0.25) is 0 Å². The fourth-order valence-corrected chi connectivity index (χ4v) is 2.72. The van der Waals surface area contributed by atoms with Gasteiger partial charge in [-0.1, -0.05) is 22.8 Å². The third-order valence-electron chi connectivity index (χ3n) is 3.77. The molecular formula is C17H23ClN2O5. The van der Waals surface area contributed by atoms with Crippen LogP contribution in [0.25, 0.3) is 0 Å². The summed E-state index contributed by atoms with van der Waals surface area (Å²) < 4.78 is 11.3. The van der Waals surface area contributed by atoms with E-state index in [1.807, 2.05) is 6.92 Å². The largest absolute Gasteiger partial charge is 0.506 e. The van der Waals surface area contributed by atoms with Crippen molar-refractivity contribution in [2.75, 3.05) is 13.2 Å². The van der Waals surface area contributed by atoms with Crippen LogP contribution in [0.3, 0.4) is 0 Å². The van der Waals surface area contributed by atoms with Crippen LogP contribution < -0.4 is 0 Å². The van der Waals surface area contributed by atoms with Gasteiger partial charge in [0, 0.05) is 18.9 Å². The van der Waals surface area contributed by atoms with Crippen molar-refractivity contribution in [3.05, 3.63) is 28.3 Å². The molecule has 1 fully saturated rings. The van der Waals surface area contributed by atoms with Gasteiger partial charge in [0.2, 0.25) is 0 Å². The number of benzene rings is 1. The maximum Gasteiger partial charge on any atom is 0.253 e. The molecule has 138 valence electrons. The molecule has 1 aromatic rings. The Labute approximate surface area is 151 Å². The topological polar surface area (TPSA) is 92.9 Å². The first-order valence-corrected chi connectivity index (χ1v) is 8.50. The first kappa shape index (κ1) is 19.7. The normalized spacial score (nSPS) is 19.5. The number of halogens is 1. The number of hydrogen-bond donors (Lipinski definition) is 2. The zero-order valence-corrected chi connectivity index (χ0v) is 14.9. The van der Waals surface area contributed by atoms with Crippen LogP contribution in [0.2, 0.25) is 5.02 Å². The minimum Gasteiger partial charge on any atom is -0.506 e. The molecule has 8 heteroatoms. The molecular weight excluding hydrogens is 348 g/mol. The molecule has 7 nitrogen and oxygen atoms in total. The molecule has 0 bridgehead atoms. The minimum atomic E-state index is -0.328. The lowest BCUT2D eigenvalue weighted by atomic mass is 10.1. The third-order valence-corrected chi connectivity index (χ3v) is 4.15. The summed E-state index contributed by atoms with van der Waals surface area (Å²) in [6, 6.07) is 3.13. The standard InChI is InChI=1S/C17H23ClN2O5/c1-11(24-14-5-3-4-8-23-14)9-20-17(25-19-2)13-7-6-12(10-21)16(22)15(13)18/h6-7,11,14,21-22H,2-5,8-10H2,1H3. The smallest absolute Gasteiger partial charge is 0.253 e. The summed E-state index contributed by atoms with van der Waals surface area (Å²) >= 11 is 6.14. The Kier molecular flexibility index (Phi) is 7.64. The van der Waals surface area contributed by atoms with Crippen molar-refractivity contribution < 1.29 is 24.5 Å². The SMILES string of the molecule is C=NOC(=NCC(C)OC1CCCCO1)c1ccc(CO)c(O)c1Cl. The molecule has 1 aliphatic heterocycles. The van der Waals surface area contributed by atoms with E-state index >= 15 is 0 Å². The second-order valence-electron chi connectivity index (χ2n) is 5.70. The first-order chi connectivity index (χ1) is 12.1. The Morgan fingerprint density at radius 2 is 2.28 bits per heavy atom. The Morgan fingerprint density at radius 1 is 1.48 bits per heavy atom. The quantitative estimate of drug-likeness (QED) is 0.437. The second kappa shape index (κ2) is 9.72. The maximum absolute atomic E-state index is 10.00. The molecule has 2 unspecified atom stereocenters. The van der Waals surface area contributed by atoms with Crippen molar-refractivity contribution in [2.45, 2.75) is 45.2 Å². The van der Waals surface area contributed by atoms with Crippen molar-refractivity contribution >= 4 is 24.2 Å². The Hall–Kier alpha value is -1.67. The lowest BCUT2D eigenvalue weighted by Gasteiger charge is -2.25. The monoisotopic (exact) mass is 370 g/mol. The lowest BCUT2D eigenvalue weighted by molar-refractivity contribution is -0.182. The van der Waals surface area contributed by atoms with E-state index in [0.717, 1.165) is 19.3 Å². The van der Waals surface area contributed by atoms with E-state index < -0.39 is 0 Å². The molecule has 1 saturated heterocycles. The van der Waals surface area contributed by atoms with Crippen molar-refractivity contribution in [2.24, 2.45) is 10.1 Å². The number of aliphatic hydroxyl groups excluding tert-OH is 1. The zero-order chi connectivity index (χ0) is 18.2. The van der Waals surface area contributed by atoms with Crippen LogP contribution in [-0.2, 0) is 20.9 Å². The van der Waals surface area contributed by atoms with Crippen molar-refractivity contribution in [3.63, 3.8) is 0 Å². The Balaban J connectivity index is 2.10. The third kappa shape index (κ3) is 5.40. The van der Waals surface area contributed by atoms with Crippen LogP contribution in [0.5, 0.6) is 5.75 Å². The second-order valence-corrected chi connectivity index (χ2v) is 6.08. The van der Waals surface area contributed by atoms with Crippen molar-refractivity contribution in [3.8, 4) is 5.75 Å². The van der Waals surface area contributed by atoms with E-state index in [1.54, 1.807) is 6.07 Å². The van der Waals surface area contributed by atoms with Gasteiger partial charge in [-0.15, -0.1) is 0 Å². The maximum atomic E-state index is 10.00. The van der Waals surface area contributed by atoms with E-state index in [4.69, 9.17) is 25.9 Å². The minimum absolute atomic E-state index is 0.0261. The van der Waals surface area contributed by atoms with Gasteiger partial charge in [0.1, 0.15) is 5.75 Å². The summed E-state index contributed by atoms with van der Waals surface area (Å²) in [5.41, 5.74) is 0.663. The lowest BCUT2D eigenvalue weighted by Crippen LogP contribution is -2.28. The molecule has 0 aromatic heterocycles. The fraction of sp³-hybridized carbons (Fsp3) is 0.529. The van der Waals surface area contributed by atoms with E-state index in [1.165, 1.54) is 6.07 Å². The zero-order valence-electron chi connectivity index (χ0n) is 14.2. The van der Waals surface area contributed by atoms with E-state index in [-0.39, 0.29) is 35.7 Å². The van der Waals surface area contributed by atoms with Crippen LogP contribution in [0.4, 0.5) is 0 Å². The van der Waals surface area contributed by atoms with Gasteiger partial charge < -0.3 is 24.5 Å². The molecule has 0 aliphatic carbocycles. The molecule has 2 rings (SSSR count). The van der Waals surface area contributed by atoms with Crippen LogP contribution >= 0.6 is 11.6 Å². The molecule has 0 saturated carbocycles. The van der Waals surface area contributed by atoms with E-state index in [2.05, 4.69) is 16.9 Å². The van der Waals surface area contributed by atoms with Crippen molar-refractivity contribution in [1.29, 1.82) is 0 Å². The summed E-state index contributed by atoms with van der Waals surface area (Å²) in [4.78, 5) is 9.43. The van der Waals surface area contributed by atoms with Crippen LogP contribution in [0, 0.1) is 0 Å². The highest BCUT2D eigenvalue weighted by atomic mass is 35.5. The number of aromatic hydroxyl groups is 1. The summed E-state index contributed by atoms with van der Waals surface area (Å²) in [5.74, 6) is -0.110. The molecule has 2 atom stereocenters. The van der Waals surface area contributed by atoms with Crippen LogP contribution in [0.1, 0.15) is 37.3 Å². The highest BCUT2D eigenvalue weighted by molar-refractivity contribution is 6.35. The molecule has 2 N–H and O–H groups in total. The average Bonchev–Trinajstić information content (AvgIpc) is 2.62. The van der Waals surface area contributed by atoms with Gasteiger partial charge in [0.05, 0.1) is 29.8 Å². The van der Waals surface area contributed by atoms with E-state index in [0.29, 0.717) is 24.3 Å². The molecule has 0 radical (unpaired) electrons. The van der Waals surface area contributed by atoms with Crippen LogP contribution in [-0.4, -0.2) is 48.4 Å². The summed E-state index contributed by atoms with van der Waals surface area (Å²) in [7, 11) is 0. The highest BCUT2D eigenvalue weighted by Crippen LogP contribution is 2.31. The van der Waals surface area contributed by atoms with E-state index in [9.17, 15) is 10.2 Å². The summed E-state index contributed by atoms with van der Waals surface area (Å²) in [6.07, 6.45) is 2.60.